The highest BCUT2D eigenvalue weighted by atomic mass is 19.4. The molecule has 42 heavy (non-hydrogen) atoms. The van der Waals surface area contributed by atoms with Crippen LogP contribution >= 0.6 is 0 Å². The maximum atomic E-state index is 13.9. The van der Waals surface area contributed by atoms with E-state index in [-0.39, 0.29) is 30.1 Å². The fourth-order valence-corrected chi connectivity index (χ4v) is 4.64. The van der Waals surface area contributed by atoms with Crippen LogP contribution in [-0.4, -0.2) is 53.6 Å². The van der Waals surface area contributed by atoms with Crippen LogP contribution in [0.15, 0.2) is 72.8 Å². The van der Waals surface area contributed by atoms with Gasteiger partial charge in [0.05, 0.1) is 17.7 Å². The molecule has 3 aromatic carbocycles. The van der Waals surface area contributed by atoms with E-state index < -0.39 is 35.6 Å². The fourth-order valence-electron chi connectivity index (χ4n) is 4.64. The highest BCUT2D eigenvalue weighted by Crippen LogP contribution is 2.31. The molecule has 6 nitrogen and oxygen atoms in total. The third kappa shape index (κ3) is 9.39. The van der Waals surface area contributed by atoms with Gasteiger partial charge < -0.3 is 20.6 Å². The Labute approximate surface area is 243 Å². The van der Waals surface area contributed by atoms with Gasteiger partial charge in [0.2, 0.25) is 0 Å². The highest BCUT2D eigenvalue weighted by Gasteiger charge is 2.34. The second-order valence-electron chi connectivity index (χ2n) is 10.2. The predicted molar refractivity (Wildman–Crippen MR) is 153 cm³/mol. The van der Waals surface area contributed by atoms with Crippen LogP contribution in [0.4, 0.5) is 17.6 Å². The van der Waals surface area contributed by atoms with Gasteiger partial charge in [-0.25, -0.2) is 4.39 Å². The van der Waals surface area contributed by atoms with Gasteiger partial charge in [0, 0.05) is 37.3 Å². The average Bonchev–Trinajstić information content (AvgIpc) is 2.96. The molecular weight excluding hydrogens is 550 g/mol. The van der Waals surface area contributed by atoms with E-state index in [9.17, 15) is 32.3 Å². The van der Waals surface area contributed by atoms with Crippen LogP contribution in [0.2, 0.25) is 0 Å². The summed E-state index contributed by atoms with van der Waals surface area (Å²) in [5, 5.41) is 16.8. The summed E-state index contributed by atoms with van der Waals surface area (Å²) in [6, 6.07) is 17.6. The van der Waals surface area contributed by atoms with Crippen LogP contribution in [0.3, 0.4) is 0 Å². The van der Waals surface area contributed by atoms with Crippen LogP contribution in [-0.2, 0) is 19.1 Å². The molecule has 0 fully saturated rings. The first-order valence-electron chi connectivity index (χ1n) is 14.0. The molecule has 2 amide bonds. The quantitative estimate of drug-likeness (QED) is 0.215. The minimum absolute atomic E-state index is 0.00823. The molecule has 0 aliphatic carbocycles. The Morgan fingerprint density at radius 3 is 2.17 bits per heavy atom. The largest absolute Gasteiger partial charge is 0.419 e. The topological polar surface area (TPSA) is 81.7 Å². The molecule has 3 aromatic rings. The molecule has 0 spiro atoms. The van der Waals surface area contributed by atoms with E-state index in [1.54, 1.807) is 29.2 Å². The van der Waals surface area contributed by atoms with Crippen molar-refractivity contribution in [2.24, 2.45) is 0 Å². The normalized spacial score (nSPS) is 12.9. The number of amides is 2. The van der Waals surface area contributed by atoms with Crippen molar-refractivity contribution in [1.82, 2.24) is 15.5 Å². The Morgan fingerprint density at radius 1 is 0.881 bits per heavy atom. The van der Waals surface area contributed by atoms with Crippen molar-refractivity contribution in [2.75, 3.05) is 19.6 Å². The van der Waals surface area contributed by atoms with Crippen LogP contribution in [0.25, 0.3) is 0 Å². The third-order valence-electron chi connectivity index (χ3n) is 6.75. The lowest BCUT2D eigenvalue weighted by Gasteiger charge is -2.25. The van der Waals surface area contributed by atoms with Gasteiger partial charge in [0.15, 0.2) is 0 Å². The average molecular weight is 588 g/mol. The molecule has 0 bridgehead atoms. The summed E-state index contributed by atoms with van der Waals surface area (Å²) >= 11 is 0. The highest BCUT2D eigenvalue weighted by molar-refractivity contribution is 5.99. The number of carbonyl (C=O) groups is 2. The summed E-state index contributed by atoms with van der Waals surface area (Å²) in [5.41, 5.74) is 0.469. The molecule has 0 saturated carbocycles. The summed E-state index contributed by atoms with van der Waals surface area (Å²) in [5.74, 6) is -1.99. The lowest BCUT2D eigenvalue weighted by atomic mass is 10.00. The minimum atomic E-state index is -4.79. The number of aliphatic hydroxyl groups excluding tert-OH is 1. The first-order valence-corrected chi connectivity index (χ1v) is 14.0. The second kappa shape index (κ2) is 15.5. The van der Waals surface area contributed by atoms with Gasteiger partial charge in [-0.15, -0.1) is 0 Å². The summed E-state index contributed by atoms with van der Waals surface area (Å²) in [6.45, 7) is 5.20. The molecule has 0 aliphatic heterocycles. The van der Waals surface area contributed by atoms with Crippen LogP contribution in [0.5, 0.6) is 0 Å². The number of rotatable bonds is 14. The molecule has 3 N–H and O–H groups in total. The smallest absolute Gasteiger partial charge is 0.390 e. The van der Waals surface area contributed by atoms with E-state index in [0.29, 0.717) is 31.1 Å². The van der Waals surface area contributed by atoms with Crippen LogP contribution < -0.4 is 10.6 Å². The summed E-state index contributed by atoms with van der Waals surface area (Å²) < 4.78 is 52.5. The number of halogens is 4. The molecular formula is C32H37F4N3O3. The Balaban J connectivity index is 1.71. The maximum absolute atomic E-state index is 13.9. The van der Waals surface area contributed by atoms with Gasteiger partial charge in [-0.05, 0) is 60.7 Å². The number of alkyl halides is 3. The van der Waals surface area contributed by atoms with Crippen molar-refractivity contribution in [3.8, 4) is 0 Å². The monoisotopic (exact) mass is 587 g/mol. The maximum Gasteiger partial charge on any atom is 0.419 e. The number of carbonyl (C=O) groups excluding carboxylic acids is 2. The summed E-state index contributed by atoms with van der Waals surface area (Å²) in [7, 11) is 0. The third-order valence-corrected chi connectivity index (χ3v) is 6.75. The lowest BCUT2D eigenvalue weighted by molar-refractivity contribution is -0.140. The number of hydrogen-bond donors (Lipinski definition) is 3. The number of benzene rings is 3. The first kappa shape index (κ1) is 32.8. The van der Waals surface area contributed by atoms with E-state index in [4.69, 9.17) is 0 Å². The zero-order valence-electron chi connectivity index (χ0n) is 23.8. The molecule has 10 heteroatoms. The Bertz CT molecular complexity index is 1310. The van der Waals surface area contributed by atoms with Gasteiger partial charge in [-0.2, -0.15) is 13.2 Å². The van der Waals surface area contributed by atoms with Gasteiger partial charge in [0.25, 0.3) is 11.8 Å². The standard InChI is InChI=1S/C32H37F4N3O3/c1-3-15-39(16-4-2)31(42)25-12-8-11-24(19-25)30(41)38-28(18-22-9-6-5-7-10-22)29(40)21-37-20-23-13-14-26(27(33)17-23)32(34,35)36/h5-14,17,19,28-29,37,40H,3-4,15-16,18,20-21H2,1-2H3,(H,38,41)/t28-,29+/m0/s1. The Kier molecular flexibility index (Phi) is 12.1. The van der Waals surface area contributed by atoms with Crippen molar-refractivity contribution in [3.05, 3.63) is 106 Å². The van der Waals surface area contributed by atoms with E-state index in [1.807, 2.05) is 44.2 Å². The number of nitrogens with zero attached hydrogens (tertiary/aromatic N) is 1. The molecule has 0 heterocycles. The molecule has 0 aliphatic rings. The van der Waals surface area contributed by atoms with E-state index in [1.165, 1.54) is 6.07 Å². The van der Waals surface area contributed by atoms with E-state index in [0.717, 1.165) is 24.5 Å². The van der Waals surface area contributed by atoms with Crippen molar-refractivity contribution in [1.29, 1.82) is 0 Å². The van der Waals surface area contributed by atoms with Crippen LogP contribution in [0.1, 0.15) is 64.1 Å². The molecule has 0 unspecified atom stereocenters. The number of hydrogen-bond acceptors (Lipinski definition) is 4. The van der Waals surface area contributed by atoms with Crippen molar-refractivity contribution in [2.45, 2.75) is 58.0 Å². The van der Waals surface area contributed by atoms with Crippen LogP contribution in [0, 0.1) is 5.82 Å². The van der Waals surface area contributed by atoms with Crippen molar-refractivity contribution in [3.63, 3.8) is 0 Å². The van der Waals surface area contributed by atoms with Crippen molar-refractivity contribution < 1.29 is 32.3 Å². The molecule has 0 radical (unpaired) electrons. The Morgan fingerprint density at radius 2 is 1.55 bits per heavy atom. The molecule has 2 atom stereocenters. The number of nitrogens with one attached hydrogen (secondary N) is 2. The lowest BCUT2D eigenvalue weighted by Crippen LogP contribution is -2.48. The van der Waals surface area contributed by atoms with Crippen molar-refractivity contribution >= 4 is 11.8 Å². The van der Waals surface area contributed by atoms with Gasteiger partial charge >= 0.3 is 6.18 Å². The molecule has 226 valence electrons. The summed E-state index contributed by atoms with van der Waals surface area (Å²) in [4.78, 5) is 28.1. The molecule has 0 aromatic heterocycles. The molecule has 0 saturated heterocycles. The fraction of sp³-hybridized carbons (Fsp3) is 0.375. The Hall–Kier alpha value is -3.76. The SMILES string of the molecule is CCCN(CCC)C(=O)c1cccc(C(=O)N[C@@H](Cc2ccccc2)[C@H](O)CNCc2ccc(C(F)(F)F)c(F)c2)c1. The van der Waals surface area contributed by atoms with E-state index >= 15 is 0 Å². The second-order valence-corrected chi connectivity index (χ2v) is 10.2. The summed E-state index contributed by atoms with van der Waals surface area (Å²) in [6.07, 6.45) is -3.96. The van der Waals surface area contributed by atoms with Gasteiger partial charge in [-0.1, -0.05) is 56.3 Å². The molecule has 3 rings (SSSR count). The van der Waals surface area contributed by atoms with Gasteiger partial charge in [0.1, 0.15) is 5.82 Å². The predicted octanol–water partition coefficient (Wildman–Crippen LogP) is 5.60. The zero-order valence-corrected chi connectivity index (χ0v) is 23.8. The first-order chi connectivity index (χ1) is 20.0. The number of aliphatic hydroxyl groups is 1. The van der Waals surface area contributed by atoms with E-state index in [2.05, 4.69) is 10.6 Å². The zero-order chi connectivity index (χ0) is 30.7. The minimum Gasteiger partial charge on any atom is -0.390 e. The van der Waals surface area contributed by atoms with Gasteiger partial charge in [-0.3, -0.25) is 9.59 Å².